The fraction of sp³-hybridized carbons (Fsp3) is 0.688. The van der Waals surface area contributed by atoms with Crippen molar-refractivity contribution in [3.05, 3.63) is 36.4 Å². The molecule has 0 fully saturated rings. The van der Waals surface area contributed by atoms with Crippen LogP contribution in [0.4, 0.5) is 0 Å². The van der Waals surface area contributed by atoms with Crippen LogP contribution in [0.25, 0.3) is 12.2 Å². The van der Waals surface area contributed by atoms with Crippen LogP contribution in [-0.2, 0) is 26.6 Å². The number of rotatable bonds is 22. The third kappa shape index (κ3) is 13.9. The minimum absolute atomic E-state index is 0.0358. The van der Waals surface area contributed by atoms with Gasteiger partial charge < -0.3 is 36.0 Å². The van der Waals surface area contributed by atoms with Gasteiger partial charge in [0, 0.05) is 47.8 Å². The fourth-order valence-corrected chi connectivity index (χ4v) is 10.5. The molecule has 0 radical (unpaired) electrons. The van der Waals surface area contributed by atoms with Gasteiger partial charge in [-0.3, -0.25) is 0 Å². The molecule has 0 unspecified atom stereocenters. The largest absolute Gasteiger partial charge is 0.505 e. The second kappa shape index (κ2) is 18.3. The first-order valence-corrected chi connectivity index (χ1v) is 19.2. The molecule has 0 spiro atoms. The highest BCUT2D eigenvalue weighted by Gasteiger charge is 2.45. The normalized spacial score (nSPS) is 12.8. The van der Waals surface area contributed by atoms with Gasteiger partial charge in [-0.05, 0) is 95.2 Å². The van der Waals surface area contributed by atoms with Crippen molar-refractivity contribution < 1.29 is 36.0 Å². The Labute approximate surface area is 258 Å². The molecule has 0 heterocycles. The predicted molar refractivity (Wildman–Crippen MR) is 176 cm³/mol. The average molecular weight is 627 g/mol. The van der Waals surface area contributed by atoms with E-state index in [0.717, 1.165) is 11.1 Å². The standard InChI is InChI=1S/C32H58O8Si2/c1-15-29-21-32(34-18-20-42(38-26(9)10,39-27(11)12)40-28(13)14)30(16-2)22-31(29)33-17-19-41(35-23(3)4,36-24(5)6)37-25(7)8/h15-16,21-28H,1-2,17-20H2,3-14H3. The highest BCUT2D eigenvalue weighted by Crippen LogP contribution is 2.33. The Morgan fingerprint density at radius 2 is 0.738 bits per heavy atom. The van der Waals surface area contributed by atoms with E-state index >= 15 is 0 Å². The summed E-state index contributed by atoms with van der Waals surface area (Å²) in [4.78, 5) is 0. The average Bonchev–Trinajstić information content (AvgIpc) is 2.81. The van der Waals surface area contributed by atoms with Crippen LogP contribution in [-0.4, -0.2) is 67.4 Å². The minimum atomic E-state index is -3.00. The van der Waals surface area contributed by atoms with Crippen LogP contribution < -0.4 is 9.47 Å². The molecule has 10 heteroatoms. The van der Waals surface area contributed by atoms with Crippen LogP contribution in [0, 0.1) is 0 Å². The summed E-state index contributed by atoms with van der Waals surface area (Å²) in [5, 5.41) is 0. The zero-order chi connectivity index (χ0) is 32.1. The van der Waals surface area contributed by atoms with E-state index in [1.54, 1.807) is 12.2 Å². The smallest absolute Gasteiger partial charge is 0.493 e. The molecular formula is C32H58O8Si2. The topological polar surface area (TPSA) is 73.8 Å². The maximum Gasteiger partial charge on any atom is 0.505 e. The van der Waals surface area contributed by atoms with Crippen molar-refractivity contribution >= 4 is 29.8 Å². The molecule has 0 atom stereocenters. The van der Waals surface area contributed by atoms with E-state index in [-0.39, 0.29) is 36.6 Å². The van der Waals surface area contributed by atoms with Crippen LogP contribution in [0.15, 0.2) is 25.3 Å². The third-order valence-electron chi connectivity index (χ3n) is 5.41. The van der Waals surface area contributed by atoms with Crippen molar-refractivity contribution in [3.8, 4) is 11.5 Å². The Hall–Kier alpha value is -1.51. The van der Waals surface area contributed by atoms with Crippen LogP contribution in [0.2, 0.25) is 12.1 Å². The summed E-state index contributed by atoms with van der Waals surface area (Å²) in [5.41, 5.74) is 1.61. The summed E-state index contributed by atoms with van der Waals surface area (Å²) in [6, 6.07) is 4.86. The summed E-state index contributed by atoms with van der Waals surface area (Å²) in [6.07, 6.45) is 3.29. The Morgan fingerprint density at radius 1 is 0.500 bits per heavy atom. The molecule has 1 aromatic rings. The highest BCUT2D eigenvalue weighted by molar-refractivity contribution is 6.61. The molecule has 0 saturated carbocycles. The molecule has 0 aliphatic carbocycles. The van der Waals surface area contributed by atoms with E-state index in [0.29, 0.717) is 36.8 Å². The first-order valence-electron chi connectivity index (χ1n) is 15.3. The molecule has 0 aliphatic rings. The molecular weight excluding hydrogens is 569 g/mol. The highest BCUT2D eigenvalue weighted by atomic mass is 28.4. The molecule has 1 aromatic carbocycles. The van der Waals surface area contributed by atoms with Crippen molar-refractivity contribution in [1.29, 1.82) is 0 Å². The van der Waals surface area contributed by atoms with Crippen molar-refractivity contribution in [2.24, 2.45) is 0 Å². The van der Waals surface area contributed by atoms with Gasteiger partial charge in [-0.25, -0.2) is 0 Å². The van der Waals surface area contributed by atoms with Crippen molar-refractivity contribution in [3.63, 3.8) is 0 Å². The van der Waals surface area contributed by atoms with Crippen LogP contribution in [0.3, 0.4) is 0 Å². The Morgan fingerprint density at radius 3 is 0.929 bits per heavy atom. The lowest BCUT2D eigenvalue weighted by molar-refractivity contribution is -0.000262. The zero-order valence-electron chi connectivity index (χ0n) is 28.3. The van der Waals surface area contributed by atoms with Crippen molar-refractivity contribution in [2.45, 2.75) is 132 Å². The molecule has 0 bridgehead atoms. The molecule has 242 valence electrons. The van der Waals surface area contributed by atoms with E-state index in [1.807, 2.05) is 95.2 Å². The number of hydrogen-bond acceptors (Lipinski definition) is 8. The second-order valence-electron chi connectivity index (χ2n) is 11.9. The zero-order valence-corrected chi connectivity index (χ0v) is 30.3. The van der Waals surface area contributed by atoms with E-state index < -0.39 is 17.6 Å². The molecule has 0 N–H and O–H groups in total. The molecule has 8 nitrogen and oxygen atoms in total. The van der Waals surface area contributed by atoms with E-state index in [9.17, 15) is 0 Å². The van der Waals surface area contributed by atoms with Crippen molar-refractivity contribution in [2.75, 3.05) is 13.2 Å². The van der Waals surface area contributed by atoms with E-state index in [2.05, 4.69) is 13.2 Å². The summed E-state index contributed by atoms with van der Waals surface area (Å²) >= 11 is 0. The van der Waals surface area contributed by atoms with Crippen LogP contribution in [0.5, 0.6) is 11.5 Å². The van der Waals surface area contributed by atoms with Crippen LogP contribution in [0.1, 0.15) is 94.2 Å². The van der Waals surface area contributed by atoms with E-state index in [4.69, 9.17) is 36.0 Å². The summed E-state index contributed by atoms with van der Waals surface area (Å²) in [5.74, 6) is 1.35. The maximum absolute atomic E-state index is 6.29. The van der Waals surface area contributed by atoms with Gasteiger partial charge in [0.05, 0.1) is 25.3 Å². The van der Waals surface area contributed by atoms with Crippen molar-refractivity contribution in [1.82, 2.24) is 0 Å². The first-order chi connectivity index (χ1) is 19.6. The monoisotopic (exact) mass is 626 g/mol. The van der Waals surface area contributed by atoms with Gasteiger partial charge in [0.2, 0.25) is 0 Å². The summed E-state index contributed by atoms with van der Waals surface area (Å²) in [6.45, 7) is 32.6. The van der Waals surface area contributed by atoms with Crippen LogP contribution >= 0.6 is 0 Å². The van der Waals surface area contributed by atoms with Gasteiger partial charge >= 0.3 is 17.6 Å². The van der Waals surface area contributed by atoms with E-state index in [1.165, 1.54) is 0 Å². The lowest BCUT2D eigenvalue weighted by Gasteiger charge is -2.34. The molecule has 0 aromatic heterocycles. The minimum Gasteiger partial charge on any atom is -0.493 e. The number of benzene rings is 1. The number of ether oxygens (including phenoxy) is 2. The van der Waals surface area contributed by atoms with Gasteiger partial charge in [-0.15, -0.1) is 0 Å². The Bertz CT molecular complexity index is 818. The molecule has 0 amide bonds. The summed E-state index contributed by atoms with van der Waals surface area (Å²) < 4.78 is 50.3. The number of hydrogen-bond donors (Lipinski definition) is 0. The quantitative estimate of drug-likeness (QED) is 0.119. The SMILES string of the molecule is C=Cc1cc(OCC[Si](OC(C)C)(OC(C)C)OC(C)C)c(C=C)cc1OCC[Si](OC(C)C)(OC(C)C)OC(C)C. The van der Waals surface area contributed by atoms with Gasteiger partial charge in [0.1, 0.15) is 11.5 Å². The Balaban J connectivity index is 3.16. The maximum atomic E-state index is 6.29. The van der Waals surface area contributed by atoms with Gasteiger partial charge in [0.15, 0.2) is 0 Å². The molecule has 42 heavy (non-hydrogen) atoms. The first kappa shape index (κ1) is 38.5. The summed E-state index contributed by atoms with van der Waals surface area (Å²) in [7, 11) is -6.00. The molecule has 0 saturated heterocycles. The molecule has 1 rings (SSSR count). The second-order valence-corrected chi connectivity index (χ2v) is 17.0. The Kier molecular flexibility index (Phi) is 16.8. The van der Waals surface area contributed by atoms with Gasteiger partial charge in [0.25, 0.3) is 0 Å². The molecule has 0 aliphatic heterocycles. The van der Waals surface area contributed by atoms with Gasteiger partial charge in [-0.2, -0.15) is 0 Å². The lowest BCUT2D eigenvalue weighted by Crippen LogP contribution is -2.51. The predicted octanol–water partition coefficient (Wildman–Crippen LogP) is 8.16. The third-order valence-corrected chi connectivity index (χ3v) is 12.0. The fourth-order valence-electron chi connectivity index (χ4n) is 4.41. The van der Waals surface area contributed by atoms with Gasteiger partial charge in [-0.1, -0.05) is 25.3 Å². The lowest BCUT2D eigenvalue weighted by atomic mass is 10.1.